The molecule has 13 heavy (non-hydrogen) atoms. The second kappa shape index (κ2) is 4.70. The fourth-order valence-electron chi connectivity index (χ4n) is 1.08. The molecule has 0 radical (unpaired) electrons. The zero-order valence-electron chi connectivity index (χ0n) is 8.34. The number of allylic oxidation sites excluding steroid dienone is 1. The molecule has 0 atom stereocenters. The van der Waals surface area contributed by atoms with Gasteiger partial charge < -0.3 is 4.74 Å². The zero-order valence-corrected chi connectivity index (χ0v) is 8.34. The Labute approximate surface area is 80.0 Å². The van der Waals surface area contributed by atoms with E-state index in [1.54, 1.807) is 0 Å². The topological polar surface area (TPSA) is 9.23 Å². The van der Waals surface area contributed by atoms with E-state index >= 15 is 0 Å². The van der Waals surface area contributed by atoms with E-state index in [-0.39, 0.29) is 0 Å². The number of aryl methyl sites for hydroxylation is 1. The number of rotatable bonds is 4. The van der Waals surface area contributed by atoms with Crippen LogP contribution in [0.1, 0.15) is 25.0 Å². The van der Waals surface area contributed by atoms with E-state index in [2.05, 4.69) is 37.8 Å². The van der Waals surface area contributed by atoms with Gasteiger partial charge >= 0.3 is 0 Å². The van der Waals surface area contributed by atoms with Crippen molar-refractivity contribution in [1.82, 2.24) is 0 Å². The molecule has 0 unspecified atom stereocenters. The van der Waals surface area contributed by atoms with Crippen molar-refractivity contribution in [3.8, 4) is 0 Å². The summed E-state index contributed by atoms with van der Waals surface area (Å²) in [4.78, 5) is 0. The summed E-state index contributed by atoms with van der Waals surface area (Å²) in [5.74, 6) is 0.763. The summed E-state index contributed by atoms with van der Waals surface area (Å²) in [6.07, 6.45) is 1.08. The Bertz CT molecular complexity index is 272. The number of ether oxygens (including phenoxy) is 1. The van der Waals surface area contributed by atoms with Gasteiger partial charge in [-0.3, -0.25) is 0 Å². The Morgan fingerprint density at radius 3 is 2.23 bits per heavy atom. The third-order valence-electron chi connectivity index (χ3n) is 1.92. The van der Waals surface area contributed by atoms with E-state index in [1.165, 1.54) is 11.1 Å². The Morgan fingerprint density at radius 2 is 1.77 bits per heavy atom. The summed E-state index contributed by atoms with van der Waals surface area (Å²) in [5.41, 5.74) is 2.55. The molecule has 0 saturated carbocycles. The molecule has 1 rings (SSSR count). The van der Waals surface area contributed by atoms with Crippen LogP contribution in [0, 0.1) is 0 Å². The van der Waals surface area contributed by atoms with Crippen LogP contribution in [-0.4, -0.2) is 0 Å². The summed E-state index contributed by atoms with van der Waals surface area (Å²) < 4.78 is 5.31. The molecule has 0 heterocycles. The molecule has 0 N–H and O–H groups in total. The lowest BCUT2D eigenvalue weighted by Crippen LogP contribution is -1.90. The number of hydrogen-bond acceptors (Lipinski definition) is 1. The van der Waals surface area contributed by atoms with Crippen LogP contribution in [0.3, 0.4) is 0 Å². The van der Waals surface area contributed by atoms with Crippen LogP contribution in [0.15, 0.2) is 36.6 Å². The lowest BCUT2D eigenvalue weighted by Gasteiger charge is -2.05. The maximum Gasteiger partial charge on any atom is 0.113 e. The van der Waals surface area contributed by atoms with Crippen LogP contribution in [0.25, 0.3) is 0 Å². The summed E-state index contributed by atoms with van der Waals surface area (Å²) in [6.45, 7) is 8.32. The van der Waals surface area contributed by atoms with Crippen molar-refractivity contribution in [3.05, 3.63) is 47.7 Å². The maximum absolute atomic E-state index is 5.31. The summed E-state index contributed by atoms with van der Waals surface area (Å²) >= 11 is 0. The van der Waals surface area contributed by atoms with Gasteiger partial charge in [0, 0.05) is 0 Å². The van der Waals surface area contributed by atoms with E-state index in [1.807, 2.05) is 6.92 Å². The molecule has 0 saturated heterocycles. The largest absolute Gasteiger partial charge is 0.494 e. The van der Waals surface area contributed by atoms with Crippen molar-refractivity contribution in [2.24, 2.45) is 0 Å². The van der Waals surface area contributed by atoms with Crippen LogP contribution >= 0.6 is 0 Å². The first-order valence-electron chi connectivity index (χ1n) is 4.58. The van der Waals surface area contributed by atoms with Crippen molar-refractivity contribution in [1.29, 1.82) is 0 Å². The van der Waals surface area contributed by atoms with Gasteiger partial charge in [-0.25, -0.2) is 0 Å². The minimum absolute atomic E-state index is 0.624. The molecule has 0 spiro atoms. The van der Waals surface area contributed by atoms with Crippen LogP contribution in [0.4, 0.5) is 0 Å². The molecule has 1 aromatic carbocycles. The molecule has 0 bridgehead atoms. The van der Waals surface area contributed by atoms with Crippen LogP contribution < -0.4 is 0 Å². The average molecular weight is 176 g/mol. The highest BCUT2D eigenvalue weighted by Crippen LogP contribution is 2.07. The van der Waals surface area contributed by atoms with Gasteiger partial charge in [0.2, 0.25) is 0 Å². The fourth-order valence-corrected chi connectivity index (χ4v) is 1.08. The van der Waals surface area contributed by atoms with E-state index in [0.29, 0.717) is 6.61 Å². The Balaban J connectivity index is 2.54. The van der Waals surface area contributed by atoms with Gasteiger partial charge in [-0.2, -0.15) is 0 Å². The average Bonchev–Trinajstić information content (AvgIpc) is 2.15. The second-order valence-electron chi connectivity index (χ2n) is 3.16. The molecule has 1 aromatic rings. The third-order valence-corrected chi connectivity index (χ3v) is 1.92. The van der Waals surface area contributed by atoms with E-state index in [4.69, 9.17) is 4.74 Å². The Morgan fingerprint density at radius 1 is 1.23 bits per heavy atom. The highest BCUT2D eigenvalue weighted by atomic mass is 16.5. The van der Waals surface area contributed by atoms with Gasteiger partial charge in [0.25, 0.3) is 0 Å². The SMILES string of the molecule is C=C(C)OCc1ccc(CC)cc1. The first-order chi connectivity index (χ1) is 6.22. The second-order valence-corrected chi connectivity index (χ2v) is 3.16. The Hall–Kier alpha value is -1.24. The molecule has 0 fully saturated rings. The van der Waals surface area contributed by atoms with E-state index < -0.39 is 0 Å². The smallest absolute Gasteiger partial charge is 0.113 e. The highest BCUT2D eigenvalue weighted by molar-refractivity contribution is 5.21. The fraction of sp³-hybridized carbons (Fsp3) is 0.333. The van der Waals surface area contributed by atoms with Crippen LogP contribution in [0.5, 0.6) is 0 Å². The molecule has 70 valence electrons. The molecular formula is C12H16O. The molecule has 0 amide bonds. The lowest BCUT2D eigenvalue weighted by molar-refractivity contribution is 0.202. The minimum Gasteiger partial charge on any atom is -0.494 e. The maximum atomic E-state index is 5.31. The first kappa shape index (κ1) is 9.85. The molecule has 0 aromatic heterocycles. The van der Waals surface area contributed by atoms with Crippen molar-refractivity contribution < 1.29 is 4.74 Å². The third kappa shape index (κ3) is 3.32. The van der Waals surface area contributed by atoms with Gasteiger partial charge in [-0.15, -0.1) is 0 Å². The number of benzene rings is 1. The van der Waals surface area contributed by atoms with Crippen molar-refractivity contribution in [2.45, 2.75) is 26.9 Å². The predicted octanol–water partition coefficient (Wildman–Crippen LogP) is 3.30. The van der Waals surface area contributed by atoms with Crippen LogP contribution in [-0.2, 0) is 17.8 Å². The molecule has 1 nitrogen and oxygen atoms in total. The molecular weight excluding hydrogens is 160 g/mol. The quantitative estimate of drug-likeness (QED) is 0.639. The zero-order chi connectivity index (χ0) is 9.68. The lowest BCUT2D eigenvalue weighted by atomic mass is 10.1. The summed E-state index contributed by atoms with van der Waals surface area (Å²) in [5, 5.41) is 0. The van der Waals surface area contributed by atoms with Gasteiger partial charge in [0.15, 0.2) is 0 Å². The van der Waals surface area contributed by atoms with E-state index in [9.17, 15) is 0 Å². The monoisotopic (exact) mass is 176 g/mol. The van der Waals surface area contributed by atoms with Crippen molar-refractivity contribution >= 4 is 0 Å². The normalized spacial score (nSPS) is 9.69. The molecule has 1 heteroatoms. The Kier molecular flexibility index (Phi) is 3.56. The van der Waals surface area contributed by atoms with Gasteiger partial charge in [0.1, 0.15) is 6.61 Å². The van der Waals surface area contributed by atoms with Crippen molar-refractivity contribution in [2.75, 3.05) is 0 Å². The first-order valence-corrected chi connectivity index (χ1v) is 4.58. The van der Waals surface area contributed by atoms with Crippen LogP contribution in [0.2, 0.25) is 0 Å². The summed E-state index contributed by atoms with van der Waals surface area (Å²) in [6, 6.07) is 8.47. The van der Waals surface area contributed by atoms with Gasteiger partial charge in [-0.05, 0) is 24.5 Å². The number of hydrogen-bond donors (Lipinski definition) is 0. The highest BCUT2D eigenvalue weighted by Gasteiger charge is 1.93. The molecule has 0 aliphatic rings. The minimum atomic E-state index is 0.624. The van der Waals surface area contributed by atoms with Gasteiger partial charge in [0.05, 0.1) is 5.76 Å². The standard InChI is InChI=1S/C12H16O/c1-4-11-5-7-12(8-6-11)9-13-10(2)3/h5-8H,2,4,9H2,1,3H3. The van der Waals surface area contributed by atoms with Gasteiger partial charge in [-0.1, -0.05) is 37.8 Å². The van der Waals surface area contributed by atoms with Crippen molar-refractivity contribution in [3.63, 3.8) is 0 Å². The predicted molar refractivity (Wildman–Crippen MR) is 55.4 cm³/mol. The molecule has 0 aliphatic carbocycles. The van der Waals surface area contributed by atoms with E-state index in [0.717, 1.165) is 12.2 Å². The summed E-state index contributed by atoms with van der Waals surface area (Å²) in [7, 11) is 0. The molecule has 0 aliphatic heterocycles.